The summed E-state index contributed by atoms with van der Waals surface area (Å²) < 4.78 is 24.6. The zero-order valence-corrected chi connectivity index (χ0v) is 12.9. The molecule has 1 amide bonds. The molecule has 1 saturated heterocycles. The maximum absolute atomic E-state index is 11.9. The third-order valence-electron chi connectivity index (χ3n) is 3.18. The van der Waals surface area contributed by atoms with Crippen LogP contribution in [0.2, 0.25) is 0 Å². The summed E-state index contributed by atoms with van der Waals surface area (Å²) in [5.41, 5.74) is 0.511. The van der Waals surface area contributed by atoms with E-state index in [-0.39, 0.29) is 24.6 Å². The fourth-order valence-corrected chi connectivity index (χ4v) is 3.68. The van der Waals surface area contributed by atoms with Gasteiger partial charge in [0.1, 0.15) is 12.0 Å². The Kier molecular flexibility index (Phi) is 4.73. The second kappa shape index (κ2) is 6.35. The minimum Gasteiger partial charge on any atom is -0.361 e. The lowest BCUT2D eigenvalue weighted by atomic mass is 10.3. The lowest BCUT2D eigenvalue weighted by Gasteiger charge is -2.17. The Morgan fingerprint density at radius 1 is 1.48 bits per heavy atom. The van der Waals surface area contributed by atoms with Gasteiger partial charge in [0.15, 0.2) is 5.82 Å². The van der Waals surface area contributed by atoms with Crippen molar-refractivity contribution in [3.63, 3.8) is 0 Å². The van der Waals surface area contributed by atoms with Crippen molar-refractivity contribution >= 4 is 27.4 Å². The van der Waals surface area contributed by atoms with Gasteiger partial charge >= 0.3 is 0 Å². The van der Waals surface area contributed by atoms with E-state index in [0.29, 0.717) is 24.5 Å². The van der Waals surface area contributed by atoms with Crippen LogP contribution in [0, 0.1) is 0 Å². The van der Waals surface area contributed by atoms with Crippen LogP contribution in [0.3, 0.4) is 0 Å². The van der Waals surface area contributed by atoms with Crippen molar-refractivity contribution < 1.29 is 13.2 Å². The Labute approximate surface area is 124 Å². The summed E-state index contributed by atoms with van der Waals surface area (Å²) in [6.07, 6.45) is 3.66. The predicted octanol–water partition coefficient (Wildman–Crippen LogP) is -0.0933. The lowest BCUT2D eigenvalue weighted by molar-refractivity contribution is -0.116. The number of hydrogen-bond acceptors (Lipinski definition) is 6. The van der Waals surface area contributed by atoms with Crippen molar-refractivity contribution in [3.05, 3.63) is 12.5 Å². The van der Waals surface area contributed by atoms with E-state index in [0.717, 1.165) is 0 Å². The largest absolute Gasteiger partial charge is 0.361 e. The molecule has 0 atom stereocenters. The van der Waals surface area contributed by atoms with E-state index >= 15 is 0 Å². The van der Waals surface area contributed by atoms with Gasteiger partial charge in [-0.15, -0.1) is 0 Å². The maximum atomic E-state index is 11.9. The fraction of sp³-hybridized carbons (Fsp3) is 0.583. The van der Waals surface area contributed by atoms with E-state index in [2.05, 4.69) is 15.3 Å². The van der Waals surface area contributed by atoms with Crippen LogP contribution in [0.5, 0.6) is 0 Å². The molecule has 0 unspecified atom stereocenters. The van der Waals surface area contributed by atoms with Gasteiger partial charge in [0, 0.05) is 33.6 Å². The number of carbonyl (C=O) groups is 1. The topological polar surface area (TPSA) is 95.5 Å². The van der Waals surface area contributed by atoms with Crippen LogP contribution in [0.25, 0.3) is 0 Å². The standard InChI is InChI=1S/C12H19N5O3S/c1-16(2)12-10(8-13-9-14-12)15-11(18)4-6-17-5-3-7-21(17,19)20/h8-9H,3-7H2,1-2H3,(H,15,18). The summed E-state index contributed by atoms with van der Waals surface area (Å²) in [5.74, 6) is 0.522. The molecule has 0 radical (unpaired) electrons. The molecular formula is C12H19N5O3S. The SMILES string of the molecule is CN(C)c1ncncc1NC(=O)CCN1CCCS1(=O)=O. The molecule has 1 N–H and O–H groups in total. The van der Waals surface area contributed by atoms with Crippen LogP contribution in [-0.4, -0.2) is 61.5 Å². The Bertz CT molecular complexity index is 617. The van der Waals surface area contributed by atoms with Crippen LogP contribution in [0.4, 0.5) is 11.5 Å². The molecule has 0 aromatic carbocycles. The summed E-state index contributed by atoms with van der Waals surface area (Å²) >= 11 is 0. The number of carbonyl (C=O) groups excluding carboxylic acids is 1. The number of amides is 1. The van der Waals surface area contributed by atoms with E-state index in [1.165, 1.54) is 16.8 Å². The second-order valence-electron chi connectivity index (χ2n) is 5.02. The third kappa shape index (κ3) is 3.88. The quantitative estimate of drug-likeness (QED) is 0.816. The average molecular weight is 313 g/mol. The van der Waals surface area contributed by atoms with Crippen molar-refractivity contribution in [1.82, 2.24) is 14.3 Å². The van der Waals surface area contributed by atoms with Gasteiger partial charge in [-0.1, -0.05) is 0 Å². The normalized spacial score (nSPS) is 17.6. The molecule has 1 aromatic heterocycles. The summed E-state index contributed by atoms with van der Waals surface area (Å²) in [4.78, 5) is 21.7. The van der Waals surface area contributed by atoms with Gasteiger partial charge in [-0.25, -0.2) is 22.7 Å². The minimum atomic E-state index is -3.16. The van der Waals surface area contributed by atoms with Crippen LogP contribution < -0.4 is 10.2 Å². The monoisotopic (exact) mass is 313 g/mol. The fourth-order valence-electron chi connectivity index (χ4n) is 2.15. The minimum absolute atomic E-state index is 0.112. The van der Waals surface area contributed by atoms with E-state index in [1.807, 2.05) is 14.1 Å². The molecular weight excluding hydrogens is 294 g/mol. The highest BCUT2D eigenvalue weighted by Gasteiger charge is 2.28. The molecule has 1 aliphatic rings. The summed E-state index contributed by atoms with van der Waals surface area (Å²) in [6, 6.07) is 0. The van der Waals surface area contributed by atoms with Crippen LogP contribution in [0.15, 0.2) is 12.5 Å². The zero-order chi connectivity index (χ0) is 15.5. The second-order valence-corrected chi connectivity index (χ2v) is 7.11. The molecule has 21 heavy (non-hydrogen) atoms. The molecule has 1 aliphatic heterocycles. The average Bonchev–Trinajstić information content (AvgIpc) is 2.75. The van der Waals surface area contributed by atoms with E-state index in [4.69, 9.17) is 0 Å². The molecule has 8 nitrogen and oxygen atoms in total. The highest BCUT2D eigenvalue weighted by Crippen LogP contribution is 2.19. The van der Waals surface area contributed by atoms with E-state index in [9.17, 15) is 13.2 Å². The Balaban J connectivity index is 1.94. The highest BCUT2D eigenvalue weighted by atomic mass is 32.2. The molecule has 1 aromatic rings. The number of rotatable bonds is 5. The van der Waals surface area contributed by atoms with Crippen LogP contribution >= 0.6 is 0 Å². The Morgan fingerprint density at radius 2 is 2.24 bits per heavy atom. The number of aromatic nitrogens is 2. The molecule has 2 heterocycles. The van der Waals surface area contributed by atoms with Gasteiger partial charge in [0.05, 0.1) is 11.9 Å². The maximum Gasteiger partial charge on any atom is 0.225 e. The highest BCUT2D eigenvalue weighted by molar-refractivity contribution is 7.89. The number of hydrogen-bond donors (Lipinski definition) is 1. The number of anilines is 2. The van der Waals surface area contributed by atoms with Gasteiger partial charge < -0.3 is 10.2 Å². The molecule has 9 heteroatoms. The summed E-state index contributed by atoms with van der Waals surface area (Å²) in [7, 11) is 0.472. The molecule has 0 bridgehead atoms. The van der Waals surface area contributed by atoms with Gasteiger partial charge in [0.25, 0.3) is 0 Å². The summed E-state index contributed by atoms with van der Waals surface area (Å²) in [6.45, 7) is 0.701. The summed E-state index contributed by atoms with van der Waals surface area (Å²) in [5, 5.41) is 2.72. The van der Waals surface area contributed by atoms with Gasteiger partial charge in [0.2, 0.25) is 15.9 Å². The number of nitrogens with zero attached hydrogens (tertiary/aromatic N) is 4. The smallest absolute Gasteiger partial charge is 0.225 e. The molecule has 2 rings (SSSR count). The first kappa shape index (κ1) is 15.6. The van der Waals surface area contributed by atoms with Gasteiger partial charge in [-0.2, -0.15) is 0 Å². The molecule has 0 aliphatic carbocycles. The predicted molar refractivity (Wildman–Crippen MR) is 79.6 cm³/mol. The molecule has 1 fully saturated rings. The van der Waals surface area contributed by atoms with Crippen molar-refractivity contribution in [2.45, 2.75) is 12.8 Å². The zero-order valence-electron chi connectivity index (χ0n) is 12.1. The Morgan fingerprint density at radius 3 is 2.86 bits per heavy atom. The van der Waals surface area contributed by atoms with E-state index < -0.39 is 10.0 Å². The first-order valence-electron chi connectivity index (χ1n) is 6.65. The molecule has 0 saturated carbocycles. The van der Waals surface area contributed by atoms with Crippen molar-refractivity contribution in [2.75, 3.05) is 43.2 Å². The van der Waals surface area contributed by atoms with Gasteiger partial charge in [-0.05, 0) is 6.42 Å². The van der Waals surface area contributed by atoms with Crippen molar-refractivity contribution in [3.8, 4) is 0 Å². The number of sulfonamides is 1. The van der Waals surface area contributed by atoms with Crippen molar-refractivity contribution in [1.29, 1.82) is 0 Å². The van der Waals surface area contributed by atoms with E-state index in [1.54, 1.807) is 4.90 Å². The van der Waals surface area contributed by atoms with Crippen LogP contribution in [-0.2, 0) is 14.8 Å². The van der Waals surface area contributed by atoms with Gasteiger partial charge in [-0.3, -0.25) is 4.79 Å². The van der Waals surface area contributed by atoms with Crippen molar-refractivity contribution in [2.24, 2.45) is 0 Å². The molecule has 0 spiro atoms. The number of nitrogens with one attached hydrogen (secondary N) is 1. The Hall–Kier alpha value is -1.74. The first-order chi connectivity index (χ1) is 9.90. The third-order valence-corrected chi connectivity index (χ3v) is 5.14. The molecule has 116 valence electrons. The first-order valence-corrected chi connectivity index (χ1v) is 8.26. The van der Waals surface area contributed by atoms with Crippen LogP contribution in [0.1, 0.15) is 12.8 Å². The lowest BCUT2D eigenvalue weighted by Crippen LogP contribution is -2.29.